The molecular formula is C14H25NO3. The summed E-state index contributed by atoms with van der Waals surface area (Å²) in [6, 6.07) is 0. The van der Waals surface area contributed by atoms with Gasteiger partial charge in [-0.2, -0.15) is 0 Å². The topological polar surface area (TPSA) is 55.4 Å². The summed E-state index contributed by atoms with van der Waals surface area (Å²) in [4.78, 5) is 22.9. The Morgan fingerprint density at radius 2 is 1.89 bits per heavy atom. The van der Waals surface area contributed by atoms with Gasteiger partial charge in [0.05, 0.1) is 6.61 Å². The van der Waals surface area contributed by atoms with E-state index in [1.807, 2.05) is 6.92 Å². The van der Waals surface area contributed by atoms with Crippen molar-refractivity contribution in [3.8, 4) is 0 Å². The van der Waals surface area contributed by atoms with Gasteiger partial charge in [-0.05, 0) is 51.4 Å². The number of carbonyl (C=O) groups is 2. The SMILES string of the molecule is CCOC(=O)C(=O)NC1(C)CCC(C(C)C)CC1. The van der Waals surface area contributed by atoms with E-state index < -0.39 is 11.9 Å². The first-order valence-corrected chi connectivity index (χ1v) is 6.87. The van der Waals surface area contributed by atoms with Gasteiger partial charge >= 0.3 is 11.9 Å². The van der Waals surface area contributed by atoms with Crippen LogP contribution in [-0.2, 0) is 14.3 Å². The lowest BCUT2D eigenvalue weighted by Gasteiger charge is -2.39. The quantitative estimate of drug-likeness (QED) is 0.621. The third-order valence-corrected chi connectivity index (χ3v) is 3.95. The molecule has 1 saturated carbocycles. The standard InChI is InChI=1S/C14H25NO3/c1-5-18-13(17)12(16)15-14(4)8-6-11(7-9-14)10(2)3/h10-11H,5-9H2,1-4H3,(H,15,16). The highest BCUT2D eigenvalue weighted by atomic mass is 16.5. The second kappa shape index (κ2) is 6.21. The molecule has 0 spiro atoms. The second-order valence-corrected chi connectivity index (χ2v) is 5.82. The molecule has 0 aromatic heterocycles. The number of rotatable bonds is 3. The molecule has 0 aromatic rings. The predicted octanol–water partition coefficient (Wildman–Crippen LogP) is 2.27. The number of ether oxygens (including phenoxy) is 1. The summed E-state index contributed by atoms with van der Waals surface area (Å²) in [6.45, 7) is 8.43. The zero-order valence-corrected chi connectivity index (χ0v) is 11.9. The van der Waals surface area contributed by atoms with Gasteiger partial charge < -0.3 is 10.1 Å². The highest BCUT2D eigenvalue weighted by Crippen LogP contribution is 2.35. The van der Waals surface area contributed by atoms with Crippen molar-refractivity contribution in [2.75, 3.05) is 6.61 Å². The highest BCUT2D eigenvalue weighted by Gasteiger charge is 2.34. The lowest BCUT2D eigenvalue weighted by molar-refractivity contribution is -0.155. The Bertz CT molecular complexity index is 304. The Labute approximate surface area is 109 Å². The summed E-state index contributed by atoms with van der Waals surface area (Å²) in [5.74, 6) is 0.0416. The number of hydrogen-bond acceptors (Lipinski definition) is 3. The van der Waals surface area contributed by atoms with Gasteiger partial charge in [0.25, 0.3) is 0 Å². The first-order valence-electron chi connectivity index (χ1n) is 6.87. The molecule has 4 nitrogen and oxygen atoms in total. The molecule has 0 heterocycles. The summed E-state index contributed by atoms with van der Waals surface area (Å²) < 4.78 is 4.70. The maximum absolute atomic E-state index is 11.6. The summed E-state index contributed by atoms with van der Waals surface area (Å²) in [6.07, 6.45) is 4.08. The van der Waals surface area contributed by atoms with E-state index in [9.17, 15) is 9.59 Å². The van der Waals surface area contributed by atoms with Crippen LogP contribution >= 0.6 is 0 Å². The van der Waals surface area contributed by atoms with E-state index in [4.69, 9.17) is 4.74 Å². The lowest BCUT2D eigenvalue weighted by atomic mass is 9.73. The number of esters is 1. The third kappa shape index (κ3) is 4.00. The van der Waals surface area contributed by atoms with Crippen molar-refractivity contribution in [2.45, 2.75) is 58.9 Å². The number of carbonyl (C=O) groups excluding carboxylic acids is 2. The van der Waals surface area contributed by atoms with Gasteiger partial charge in [0.1, 0.15) is 0 Å². The molecular weight excluding hydrogens is 230 g/mol. The van der Waals surface area contributed by atoms with E-state index >= 15 is 0 Å². The van der Waals surface area contributed by atoms with Crippen LogP contribution in [-0.4, -0.2) is 24.0 Å². The largest absolute Gasteiger partial charge is 0.459 e. The molecule has 0 atom stereocenters. The maximum atomic E-state index is 11.6. The Balaban J connectivity index is 2.47. The van der Waals surface area contributed by atoms with Crippen LogP contribution in [0.4, 0.5) is 0 Å². The summed E-state index contributed by atoms with van der Waals surface area (Å²) in [5, 5.41) is 2.83. The van der Waals surface area contributed by atoms with E-state index in [-0.39, 0.29) is 12.1 Å². The van der Waals surface area contributed by atoms with Crippen molar-refractivity contribution in [3.63, 3.8) is 0 Å². The van der Waals surface area contributed by atoms with Crippen LogP contribution in [0.1, 0.15) is 53.4 Å². The molecule has 0 unspecified atom stereocenters. The molecule has 0 aliphatic heterocycles. The fourth-order valence-corrected chi connectivity index (χ4v) is 2.59. The van der Waals surface area contributed by atoms with Crippen LogP contribution in [0.25, 0.3) is 0 Å². The molecule has 1 N–H and O–H groups in total. The fourth-order valence-electron chi connectivity index (χ4n) is 2.59. The number of hydrogen-bond donors (Lipinski definition) is 1. The number of nitrogens with one attached hydrogen (secondary N) is 1. The minimum atomic E-state index is -0.773. The van der Waals surface area contributed by atoms with E-state index in [1.165, 1.54) is 0 Å². The molecule has 18 heavy (non-hydrogen) atoms. The Morgan fingerprint density at radius 1 is 1.33 bits per heavy atom. The molecule has 0 aromatic carbocycles. The van der Waals surface area contributed by atoms with Crippen LogP contribution in [0, 0.1) is 11.8 Å². The Morgan fingerprint density at radius 3 is 2.33 bits per heavy atom. The van der Waals surface area contributed by atoms with Crippen LogP contribution in [0.5, 0.6) is 0 Å². The van der Waals surface area contributed by atoms with Crippen molar-refractivity contribution in [3.05, 3.63) is 0 Å². The number of amides is 1. The molecule has 0 saturated heterocycles. The van der Waals surface area contributed by atoms with Gasteiger partial charge in [-0.15, -0.1) is 0 Å². The molecule has 1 rings (SSSR count). The third-order valence-electron chi connectivity index (χ3n) is 3.95. The predicted molar refractivity (Wildman–Crippen MR) is 70.0 cm³/mol. The van der Waals surface area contributed by atoms with Crippen molar-refractivity contribution in [2.24, 2.45) is 11.8 Å². The van der Waals surface area contributed by atoms with Crippen molar-refractivity contribution < 1.29 is 14.3 Å². The van der Waals surface area contributed by atoms with Crippen molar-refractivity contribution >= 4 is 11.9 Å². The summed E-state index contributed by atoms with van der Waals surface area (Å²) in [7, 11) is 0. The van der Waals surface area contributed by atoms with Gasteiger partial charge in [0.15, 0.2) is 0 Å². The van der Waals surface area contributed by atoms with E-state index in [1.54, 1.807) is 6.92 Å². The molecule has 1 aliphatic carbocycles. The van der Waals surface area contributed by atoms with Gasteiger partial charge in [0.2, 0.25) is 0 Å². The molecule has 1 fully saturated rings. The van der Waals surface area contributed by atoms with Crippen LogP contribution in [0.15, 0.2) is 0 Å². The summed E-state index contributed by atoms with van der Waals surface area (Å²) >= 11 is 0. The fraction of sp³-hybridized carbons (Fsp3) is 0.857. The monoisotopic (exact) mass is 255 g/mol. The lowest BCUT2D eigenvalue weighted by Crippen LogP contribution is -2.51. The molecule has 104 valence electrons. The highest BCUT2D eigenvalue weighted by molar-refractivity contribution is 6.32. The average Bonchev–Trinajstić information content (AvgIpc) is 2.29. The van der Waals surface area contributed by atoms with Crippen LogP contribution < -0.4 is 5.32 Å². The molecule has 1 amide bonds. The summed E-state index contributed by atoms with van der Waals surface area (Å²) in [5.41, 5.74) is -0.255. The minimum absolute atomic E-state index is 0.235. The van der Waals surface area contributed by atoms with Crippen LogP contribution in [0.2, 0.25) is 0 Å². The Kier molecular flexibility index (Phi) is 5.17. The van der Waals surface area contributed by atoms with Gasteiger partial charge in [-0.25, -0.2) is 4.79 Å². The van der Waals surface area contributed by atoms with E-state index in [0.29, 0.717) is 5.92 Å². The normalized spacial score (nSPS) is 27.9. The smallest absolute Gasteiger partial charge is 0.396 e. The Hall–Kier alpha value is -1.06. The molecule has 1 aliphatic rings. The minimum Gasteiger partial charge on any atom is -0.459 e. The maximum Gasteiger partial charge on any atom is 0.396 e. The van der Waals surface area contributed by atoms with Crippen molar-refractivity contribution in [1.82, 2.24) is 5.32 Å². The van der Waals surface area contributed by atoms with E-state index in [2.05, 4.69) is 19.2 Å². The zero-order chi connectivity index (χ0) is 13.8. The van der Waals surface area contributed by atoms with Gasteiger partial charge in [-0.3, -0.25) is 4.79 Å². The first-order chi connectivity index (χ1) is 8.38. The molecule has 4 heteroatoms. The molecule has 0 radical (unpaired) electrons. The van der Waals surface area contributed by atoms with Crippen LogP contribution in [0.3, 0.4) is 0 Å². The van der Waals surface area contributed by atoms with E-state index in [0.717, 1.165) is 31.6 Å². The van der Waals surface area contributed by atoms with Crippen molar-refractivity contribution in [1.29, 1.82) is 0 Å². The van der Waals surface area contributed by atoms with Gasteiger partial charge in [0, 0.05) is 5.54 Å². The second-order valence-electron chi connectivity index (χ2n) is 5.82. The first kappa shape index (κ1) is 15.0. The molecule has 0 bridgehead atoms. The average molecular weight is 255 g/mol. The zero-order valence-electron chi connectivity index (χ0n) is 11.9. The van der Waals surface area contributed by atoms with Gasteiger partial charge in [-0.1, -0.05) is 13.8 Å².